The first-order valence-corrected chi connectivity index (χ1v) is 7.30. The standard InChI is InChI=1S/C13H20N2O2S/c1-4-10(3)15-12(16)8-18(17)11-7-5-6-9(2)13(11)14/h5-7,10H,4,8,14H2,1-3H3,(H,15,16). The molecule has 0 fully saturated rings. The van der Waals surface area contributed by atoms with E-state index in [4.69, 9.17) is 5.73 Å². The first-order valence-electron chi connectivity index (χ1n) is 5.98. The maximum atomic E-state index is 12.1. The van der Waals surface area contributed by atoms with Gasteiger partial charge in [0.25, 0.3) is 0 Å². The van der Waals surface area contributed by atoms with Crippen molar-refractivity contribution in [1.29, 1.82) is 0 Å². The highest BCUT2D eigenvalue weighted by Gasteiger charge is 2.14. The molecule has 18 heavy (non-hydrogen) atoms. The van der Waals surface area contributed by atoms with Gasteiger partial charge in [-0.1, -0.05) is 19.1 Å². The first-order chi connectivity index (χ1) is 8.45. The number of carbonyl (C=O) groups excluding carboxylic acids is 1. The third-order valence-electron chi connectivity index (χ3n) is 2.81. The van der Waals surface area contributed by atoms with Crippen molar-refractivity contribution in [2.24, 2.45) is 0 Å². The molecule has 1 aromatic rings. The number of benzene rings is 1. The van der Waals surface area contributed by atoms with E-state index in [1.165, 1.54) is 0 Å². The molecule has 0 saturated carbocycles. The summed E-state index contributed by atoms with van der Waals surface area (Å²) >= 11 is 0. The summed E-state index contributed by atoms with van der Waals surface area (Å²) in [6, 6.07) is 5.46. The van der Waals surface area contributed by atoms with Crippen molar-refractivity contribution in [2.45, 2.75) is 38.1 Å². The number of carbonyl (C=O) groups is 1. The van der Waals surface area contributed by atoms with Crippen LogP contribution in [-0.4, -0.2) is 21.9 Å². The van der Waals surface area contributed by atoms with Crippen molar-refractivity contribution < 1.29 is 9.00 Å². The zero-order valence-electron chi connectivity index (χ0n) is 11.0. The summed E-state index contributed by atoms with van der Waals surface area (Å²) in [6.07, 6.45) is 0.852. The molecular formula is C13H20N2O2S. The molecule has 2 atom stereocenters. The summed E-state index contributed by atoms with van der Waals surface area (Å²) in [4.78, 5) is 12.2. The van der Waals surface area contributed by atoms with E-state index in [0.717, 1.165) is 12.0 Å². The Kier molecular flexibility index (Phi) is 5.34. The van der Waals surface area contributed by atoms with Crippen LogP contribution in [0.4, 0.5) is 5.69 Å². The molecule has 0 saturated heterocycles. The van der Waals surface area contributed by atoms with Gasteiger partial charge in [-0.25, -0.2) is 0 Å². The van der Waals surface area contributed by atoms with Crippen LogP contribution in [0, 0.1) is 6.92 Å². The average Bonchev–Trinajstić information content (AvgIpc) is 2.32. The summed E-state index contributed by atoms with van der Waals surface area (Å²) in [5.41, 5.74) is 7.25. The van der Waals surface area contributed by atoms with Crippen LogP contribution in [0.15, 0.2) is 23.1 Å². The first kappa shape index (κ1) is 14.7. The van der Waals surface area contributed by atoms with Crippen molar-refractivity contribution in [3.63, 3.8) is 0 Å². The largest absolute Gasteiger partial charge is 0.398 e. The lowest BCUT2D eigenvalue weighted by molar-refractivity contribution is -0.119. The third-order valence-corrected chi connectivity index (χ3v) is 4.18. The van der Waals surface area contributed by atoms with E-state index in [1.807, 2.05) is 26.8 Å². The molecule has 1 aromatic carbocycles. The zero-order chi connectivity index (χ0) is 13.7. The molecule has 0 bridgehead atoms. The second-order valence-corrected chi connectivity index (χ2v) is 5.77. The van der Waals surface area contributed by atoms with Crippen molar-refractivity contribution in [3.05, 3.63) is 23.8 Å². The molecule has 4 nitrogen and oxygen atoms in total. The Morgan fingerprint density at radius 1 is 1.50 bits per heavy atom. The molecule has 0 aliphatic carbocycles. The highest BCUT2D eigenvalue weighted by molar-refractivity contribution is 7.86. The van der Waals surface area contributed by atoms with E-state index in [-0.39, 0.29) is 17.7 Å². The number of nitrogens with two attached hydrogens (primary N) is 1. The molecule has 2 unspecified atom stereocenters. The van der Waals surface area contributed by atoms with Gasteiger partial charge in [0, 0.05) is 6.04 Å². The Morgan fingerprint density at radius 2 is 2.17 bits per heavy atom. The van der Waals surface area contributed by atoms with E-state index >= 15 is 0 Å². The number of hydrogen-bond donors (Lipinski definition) is 2. The summed E-state index contributed by atoms with van der Waals surface area (Å²) in [5.74, 6) is -0.249. The smallest absolute Gasteiger partial charge is 0.233 e. The predicted octanol–water partition coefficient (Wildman–Crippen LogP) is 1.60. The SMILES string of the molecule is CCC(C)NC(=O)CS(=O)c1cccc(C)c1N. The van der Waals surface area contributed by atoms with Gasteiger partial charge >= 0.3 is 0 Å². The Hall–Kier alpha value is -1.36. The Labute approximate surface area is 110 Å². The van der Waals surface area contributed by atoms with Crippen LogP contribution in [0.3, 0.4) is 0 Å². The molecule has 0 aromatic heterocycles. The molecule has 0 spiro atoms. The fraction of sp³-hybridized carbons (Fsp3) is 0.462. The molecule has 100 valence electrons. The Morgan fingerprint density at radius 3 is 2.78 bits per heavy atom. The van der Waals surface area contributed by atoms with Crippen LogP contribution < -0.4 is 11.1 Å². The van der Waals surface area contributed by atoms with Crippen molar-refractivity contribution in [1.82, 2.24) is 5.32 Å². The number of para-hydroxylation sites is 1. The number of hydrogen-bond acceptors (Lipinski definition) is 3. The predicted molar refractivity (Wildman–Crippen MR) is 74.8 cm³/mol. The fourth-order valence-corrected chi connectivity index (χ4v) is 2.58. The van der Waals surface area contributed by atoms with E-state index < -0.39 is 10.8 Å². The average molecular weight is 268 g/mol. The van der Waals surface area contributed by atoms with E-state index in [0.29, 0.717) is 10.6 Å². The Balaban J connectivity index is 2.71. The quantitative estimate of drug-likeness (QED) is 0.797. The highest BCUT2D eigenvalue weighted by Crippen LogP contribution is 2.20. The minimum atomic E-state index is -1.39. The van der Waals surface area contributed by atoms with Gasteiger partial charge in [0.15, 0.2) is 0 Å². The molecule has 0 aliphatic heterocycles. The maximum Gasteiger partial charge on any atom is 0.233 e. The molecular weight excluding hydrogens is 248 g/mol. The lowest BCUT2D eigenvalue weighted by Crippen LogP contribution is -2.35. The van der Waals surface area contributed by atoms with Crippen LogP contribution in [-0.2, 0) is 15.6 Å². The van der Waals surface area contributed by atoms with Gasteiger partial charge in [0.2, 0.25) is 5.91 Å². The molecule has 5 heteroatoms. The van der Waals surface area contributed by atoms with Gasteiger partial charge in [-0.3, -0.25) is 9.00 Å². The third kappa shape index (κ3) is 3.84. The van der Waals surface area contributed by atoms with Crippen molar-refractivity contribution in [2.75, 3.05) is 11.5 Å². The number of nitrogen functional groups attached to an aromatic ring is 1. The molecule has 0 radical (unpaired) electrons. The number of nitrogens with one attached hydrogen (secondary N) is 1. The highest BCUT2D eigenvalue weighted by atomic mass is 32.2. The van der Waals surface area contributed by atoms with Crippen LogP contribution in [0.1, 0.15) is 25.8 Å². The summed E-state index contributed by atoms with van der Waals surface area (Å²) in [6.45, 7) is 5.76. The maximum absolute atomic E-state index is 12.1. The lowest BCUT2D eigenvalue weighted by Gasteiger charge is -2.12. The monoisotopic (exact) mass is 268 g/mol. The minimum Gasteiger partial charge on any atom is -0.398 e. The van der Waals surface area contributed by atoms with Crippen LogP contribution in [0.25, 0.3) is 0 Å². The summed E-state index contributed by atoms with van der Waals surface area (Å²) in [7, 11) is -1.39. The second kappa shape index (κ2) is 6.54. The number of rotatable bonds is 5. The molecule has 0 heterocycles. The van der Waals surface area contributed by atoms with Gasteiger partial charge < -0.3 is 11.1 Å². The number of aryl methyl sites for hydroxylation is 1. The van der Waals surface area contributed by atoms with E-state index in [1.54, 1.807) is 12.1 Å². The van der Waals surface area contributed by atoms with Gasteiger partial charge in [-0.15, -0.1) is 0 Å². The molecule has 3 N–H and O–H groups in total. The van der Waals surface area contributed by atoms with Crippen LogP contribution >= 0.6 is 0 Å². The normalized spacial score (nSPS) is 13.9. The van der Waals surface area contributed by atoms with Gasteiger partial charge in [-0.2, -0.15) is 0 Å². The number of anilines is 1. The van der Waals surface area contributed by atoms with Crippen molar-refractivity contribution in [3.8, 4) is 0 Å². The van der Waals surface area contributed by atoms with Crippen LogP contribution in [0.5, 0.6) is 0 Å². The molecule has 1 amide bonds. The van der Waals surface area contributed by atoms with Gasteiger partial charge in [0.1, 0.15) is 5.75 Å². The lowest BCUT2D eigenvalue weighted by atomic mass is 10.2. The molecule has 1 rings (SSSR count). The summed E-state index contributed by atoms with van der Waals surface area (Å²) < 4.78 is 12.1. The second-order valence-electron chi connectivity index (χ2n) is 4.35. The van der Waals surface area contributed by atoms with Gasteiger partial charge in [0.05, 0.1) is 21.4 Å². The minimum absolute atomic E-state index is 0.0437. The van der Waals surface area contributed by atoms with E-state index in [2.05, 4.69) is 5.32 Å². The number of amides is 1. The van der Waals surface area contributed by atoms with Gasteiger partial charge in [-0.05, 0) is 31.9 Å². The topological polar surface area (TPSA) is 72.2 Å². The zero-order valence-corrected chi connectivity index (χ0v) is 11.8. The van der Waals surface area contributed by atoms with Crippen molar-refractivity contribution >= 4 is 22.4 Å². The molecule has 0 aliphatic rings. The fourth-order valence-electron chi connectivity index (χ4n) is 1.47. The Bertz CT molecular complexity index is 460. The summed E-state index contributed by atoms with van der Waals surface area (Å²) in [5, 5.41) is 2.79. The van der Waals surface area contributed by atoms with E-state index in [9.17, 15) is 9.00 Å². The van der Waals surface area contributed by atoms with Crippen LogP contribution in [0.2, 0.25) is 0 Å².